The van der Waals surface area contributed by atoms with Gasteiger partial charge < -0.3 is 54.5 Å². The van der Waals surface area contributed by atoms with Crippen LogP contribution in [0.25, 0.3) is 0 Å². The van der Waals surface area contributed by atoms with E-state index in [4.69, 9.17) is 18.9 Å². The molecule has 2 bridgehead atoms. The minimum absolute atomic E-state index is 0.0371. The van der Waals surface area contributed by atoms with Crippen LogP contribution in [0.1, 0.15) is 177 Å². The van der Waals surface area contributed by atoms with Crippen LogP contribution >= 0.6 is 0 Å². The number of nitrogens with one attached hydrogen (secondary N) is 3. The lowest BCUT2D eigenvalue weighted by molar-refractivity contribution is -0.165. The molecule has 534 valence electrons. The fourth-order valence-corrected chi connectivity index (χ4v) is 12.8. The molecule has 4 aromatic rings. The highest BCUT2D eigenvalue weighted by Gasteiger charge is 2.44. The van der Waals surface area contributed by atoms with Gasteiger partial charge in [-0.05, 0) is 136 Å². The number of ketones is 2. The predicted octanol–water partition coefficient (Wildman–Crippen LogP) is 9.50. The number of piperidine rings is 1. The number of hydrogen-bond acceptors (Lipinski definition) is 15. The quantitative estimate of drug-likeness (QED) is 0.0475. The van der Waals surface area contributed by atoms with E-state index in [0.29, 0.717) is 66.0 Å². The third-order valence-corrected chi connectivity index (χ3v) is 18.6. The number of aryl methyl sites for hydroxylation is 1. The van der Waals surface area contributed by atoms with Crippen molar-refractivity contribution in [1.82, 2.24) is 30.2 Å². The zero-order valence-corrected chi connectivity index (χ0v) is 59.1. The van der Waals surface area contributed by atoms with Crippen LogP contribution in [-0.4, -0.2) is 163 Å². The van der Waals surface area contributed by atoms with Crippen LogP contribution in [0.15, 0.2) is 109 Å². The summed E-state index contributed by atoms with van der Waals surface area (Å²) in [7, 11) is 6.18. The molecule has 6 atom stereocenters. The number of hydrogen-bond donors (Lipinski definition) is 3. The Balaban J connectivity index is 1.20. The van der Waals surface area contributed by atoms with E-state index in [0.717, 1.165) is 43.2 Å². The Kier molecular flexibility index (Phi) is 29.4. The van der Waals surface area contributed by atoms with E-state index in [1.165, 1.54) is 59.8 Å². The van der Waals surface area contributed by atoms with Gasteiger partial charge in [0.15, 0.2) is 11.5 Å². The number of methoxy groups -OCH3 is 2. The van der Waals surface area contributed by atoms with Crippen LogP contribution in [0.4, 0.5) is 5.69 Å². The van der Waals surface area contributed by atoms with Crippen LogP contribution in [-0.2, 0) is 81.5 Å². The number of esters is 2. The fourth-order valence-electron chi connectivity index (χ4n) is 12.8. The second-order valence-corrected chi connectivity index (χ2v) is 27.3. The largest absolute Gasteiger partial charge is 0.493 e. The van der Waals surface area contributed by atoms with Gasteiger partial charge in [-0.3, -0.25) is 43.2 Å². The van der Waals surface area contributed by atoms with Crippen molar-refractivity contribution in [1.29, 1.82) is 0 Å². The summed E-state index contributed by atoms with van der Waals surface area (Å²) in [5, 5.41) is 8.62. The number of ether oxygens (including phenoxy) is 4. The Morgan fingerprint density at radius 1 is 0.677 bits per heavy atom. The number of carbonyl (C=O) groups excluding carboxylic acids is 11. The van der Waals surface area contributed by atoms with E-state index in [1.54, 1.807) is 74.8 Å². The van der Waals surface area contributed by atoms with E-state index < -0.39 is 101 Å². The maximum absolute atomic E-state index is 15.3. The summed E-state index contributed by atoms with van der Waals surface area (Å²) in [5.74, 6) is -5.65. The van der Waals surface area contributed by atoms with Gasteiger partial charge in [-0.2, -0.15) is 0 Å². The third-order valence-electron chi connectivity index (χ3n) is 18.6. The SMILES string of the molecule is CCCCCCCC(=O)Cc1ccc(C[C@@H]2NC(=O)[C@H](c3ccccc3)NC(=O)CCC(=O)Nc3cccc(c3)[C@@H](CCc3ccc(OC)c(OC)c3)OC(=O)[C@@H]3CCCCN3C(=O)C(=O)C(C)(C)COC(=O)C=CCCN(C)C(=O)[C@H](CC(C)C)N(C)C(=O)[C@H]3CCCN3C2=O)cc1. The number of cyclic esters (lactones) is 2. The highest BCUT2D eigenvalue weighted by atomic mass is 16.5. The first kappa shape index (κ1) is 77.1. The Morgan fingerprint density at radius 2 is 1.35 bits per heavy atom. The van der Waals surface area contributed by atoms with Gasteiger partial charge >= 0.3 is 11.9 Å². The molecule has 7 amide bonds. The molecule has 3 aliphatic rings. The van der Waals surface area contributed by atoms with Gasteiger partial charge in [0.2, 0.25) is 41.2 Å². The minimum atomic E-state index is -1.52. The number of Topliss-reactive ketones (excluding diaryl/α,β-unsaturated/α-hetero) is 2. The van der Waals surface area contributed by atoms with Crippen LogP contribution in [0.2, 0.25) is 0 Å². The molecule has 22 nitrogen and oxygen atoms in total. The zero-order chi connectivity index (χ0) is 71.8. The van der Waals surface area contributed by atoms with Crippen molar-refractivity contribution in [2.45, 2.75) is 193 Å². The Bertz CT molecular complexity index is 3500. The number of benzene rings is 4. The molecule has 2 saturated heterocycles. The topological polar surface area (TPSA) is 274 Å². The number of anilines is 1. The summed E-state index contributed by atoms with van der Waals surface area (Å²) in [6, 6.07) is 22.1. The summed E-state index contributed by atoms with van der Waals surface area (Å²) in [6.07, 6.45) is 9.88. The Morgan fingerprint density at radius 3 is 2.07 bits per heavy atom. The number of rotatable bonds is 18. The van der Waals surface area contributed by atoms with Crippen molar-refractivity contribution in [3.63, 3.8) is 0 Å². The van der Waals surface area contributed by atoms with E-state index in [2.05, 4.69) is 22.9 Å². The van der Waals surface area contributed by atoms with Crippen molar-refractivity contribution in [3.05, 3.63) is 137 Å². The molecule has 0 unspecified atom stereocenters. The lowest BCUT2D eigenvalue weighted by Crippen LogP contribution is -2.58. The number of unbranched alkanes of at least 4 members (excludes halogenated alkanes) is 4. The van der Waals surface area contributed by atoms with E-state index in [1.807, 2.05) is 50.2 Å². The molecule has 22 heteroatoms. The van der Waals surface area contributed by atoms with E-state index >= 15 is 4.79 Å². The molecule has 0 saturated carbocycles. The highest BCUT2D eigenvalue weighted by Crippen LogP contribution is 2.34. The first-order valence-corrected chi connectivity index (χ1v) is 35.0. The molecule has 4 aromatic carbocycles. The van der Waals surface area contributed by atoms with Gasteiger partial charge in [-0.25, -0.2) is 9.59 Å². The summed E-state index contributed by atoms with van der Waals surface area (Å²) >= 11 is 0. The first-order valence-electron chi connectivity index (χ1n) is 35.0. The fraction of sp³-hybridized carbons (Fsp3) is 0.519. The highest BCUT2D eigenvalue weighted by molar-refractivity contribution is 6.38. The van der Waals surface area contributed by atoms with Crippen molar-refractivity contribution in [3.8, 4) is 11.5 Å². The van der Waals surface area contributed by atoms with Gasteiger partial charge in [0.05, 0.1) is 19.6 Å². The molecule has 2 fully saturated rings. The zero-order valence-electron chi connectivity index (χ0n) is 59.1. The van der Waals surface area contributed by atoms with Gasteiger partial charge in [0.1, 0.15) is 48.7 Å². The average Bonchev–Trinajstić information content (AvgIpc) is 1.78. The van der Waals surface area contributed by atoms with Gasteiger partial charge in [-0.15, -0.1) is 0 Å². The lowest BCUT2D eigenvalue weighted by Gasteiger charge is -2.36. The number of amides is 7. The molecule has 3 aliphatic heterocycles. The number of fused-ring (bicyclic) bond motifs is 4. The molecule has 0 aromatic heterocycles. The first-order chi connectivity index (χ1) is 47.4. The molecule has 99 heavy (non-hydrogen) atoms. The standard InChI is InChI=1S/C77H101N7O15/c1-10-11-12-13-17-28-58(85)46-52-32-34-53(35-33-52)47-59-72(91)83-44-23-30-60(83)74(93)82(7)62(45-51(2)3)73(92)81(6)42-20-19-31-68(88)98-50-77(4,5)70(89)75(94)84-43-21-18-29-61(84)76(95)99-63(38-36-54-37-39-64(96-8)65(48-54)97-9)56-26-22-27-57(49-56)78-66(86)40-41-67(87)80-69(71(90)79-59)55-24-15-14-16-25-55/h14-16,19,22,24-27,31-35,37,39,48-49,51,59-63,69H,10-13,17-18,20-21,23,28-30,36,38,40-47,50H2,1-9H3,(H,78,86)(H,79,90)(H,80,87)/t59-,60+,61-,62-,63+,69-/m0/s1. The van der Waals surface area contributed by atoms with Crippen molar-refractivity contribution < 1.29 is 71.7 Å². The summed E-state index contributed by atoms with van der Waals surface area (Å²) in [5.41, 5.74) is 1.93. The minimum Gasteiger partial charge on any atom is -0.493 e. The van der Waals surface area contributed by atoms with E-state index in [-0.39, 0.29) is 95.0 Å². The number of nitrogens with zero attached hydrogens (tertiary/aromatic N) is 4. The molecule has 3 N–H and O–H groups in total. The summed E-state index contributed by atoms with van der Waals surface area (Å²) in [4.78, 5) is 162. The number of carbonyl (C=O) groups is 11. The van der Waals surface area contributed by atoms with Gasteiger partial charge in [0, 0.05) is 77.6 Å². The Labute approximate surface area is 582 Å². The molecule has 3 heterocycles. The summed E-state index contributed by atoms with van der Waals surface area (Å²) in [6.45, 7) is 8.87. The van der Waals surface area contributed by atoms with Gasteiger partial charge in [-0.1, -0.05) is 125 Å². The molecule has 0 radical (unpaired) electrons. The molecule has 0 aliphatic carbocycles. The predicted molar refractivity (Wildman–Crippen MR) is 374 cm³/mol. The van der Waals surface area contributed by atoms with Crippen molar-refractivity contribution in [2.24, 2.45) is 11.3 Å². The average molecular weight is 1360 g/mol. The molecule has 0 spiro atoms. The maximum Gasteiger partial charge on any atom is 0.330 e. The van der Waals surface area contributed by atoms with Crippen LogP contribution in [0, 0.1) is 11.3 Å². The monoisotopic (exact) mass is 1360 g/mol. The number of likely N-dealkylation sites (N-methyl/N-ethyl adjacent to an activating group) is 2. The summed E-state index contributed by atoms with van der Waals surface area (Å²) < 4.78 is 22.9. The Hall–Kier alpha value is -9.21. The molecule has 7 rings (SSSR count). The third kappa shape index (κ3) is 22.4. The second kappa shape index (κ2) is 37.7. The smallest absolute Gasteiger partial charge is 0.330 e. The normalized spacial score (nSPS) is 21.8. The van der Waals surface area contributed by atoms with Crippen LogP contribution in [0.5, 0.6) is 11.5 Å². The second-order valence-electron chi connectivity index (χ2n) is 27.3. The van der Waals surface area contributed by atoms with Crippen molar-refractivity contribution >= 4 is 70.5 Å². The maximum atomic E-state index is 15.3. The van der Waals surface area contributed by atoms with Gasteiger partial charge in [0.25, 0.3) is 5.91 Å². The van der Waals surface area contributed by atoms with E-state index in [9.17, 15) is 47.9 Å². The van der Waals surface area contributed by atoms with Crippen molar-refractivity contribution in [2.75, 3.05) is 59.9 Å². The lowest BCUT2D eigenvalue weighted by atomic mass is 9.87. The van der Waals surface area contributed by atoms with Crippen LogP contribution < -0.4 is 25.4 Å². The van der Waals surface area contributed by atoms with Crippen LogP contribution in [0.3, 0.4) is 0 Å². The molecular formula is C77H101N7O15. The molecular weight excluding hydrogens is 1260 g/mol.